The van der Waals surface area contributed by atoms with Gasteiger partial charge in [0.25, 0.3) is 0 Å². The van der Waals surface area contributed by atoms with E-state index in [4.69, 9.17) is 4.74 Å². The minimum Gasteiger partial charge on any atom is -0.494 e. The minimum absolute atomic E-state index is 0.482. The number of thioether (sulfide) groups is 1. The molecule has 2 rings (SSSR count). The first-order valence-corrected chi connectivity index (χ1v) is 7.75. The summed E-state index contributed by atoms with van der Waals surface area (Å²) in [7, 11) is 0. The Kier molecular flexibility index (Phi) is 5.41. The molecule has 21 heavy (non-hydrogen) atoms. The van der Waals surface area contributed by atoms with Gasteiger partial charge < -0.3 is 10.1 Å². The zero-order valence-corrected chi connectivity index (χ0v) is 12.8. The second-order valence-electron chi connectivity index (χ2n) is 4.15. The average Bonchev–Trinajstić information content (AvgIpc) is 2.54. The zero-order valence-electron chi connectivity index (χ0n) is 12.0. The molecule has 0 unspecified atom stereocenters. The standard InChI is InChI=1S/C15H16N4OS/c1-3-20-12-6-4-11(5-7-12)9-17-14-13(8-16)15(21-2)19-10-18-14/h4-7,10H,3,9H2,1-2H3,(H,17,18,19). The normalized spacial score (nSPS) is 9.95. The first-order valence-electron chi connectivity index (χ1n) is 6.53. The monoisotopic (exact) mass is 300 g/mol. The number of nitriles is 1. The van der Waals surface area contributed by atoms with Crippen molar-refractivity contribution < 1.29 is 4.74 Å². The first-order chi connectivity index (χ1) is 10.3. The van der Waals surface area contributed by atoms with E-state index in [2.05, 4.69) is 21.4 Å². The van der Waals surface area contributed by atoms with E-state index in [-0.39, 0.29) is 0 Å². The molecule has 5 nitrogen and oxygen atoms in total. The summed E-state index contributed by atoms with van der Waals surface area (Å²) >= 11 is 1.43. The summed E-state index contributed by atoms with van der Waals surface area (Å²) in [5.74, 6) is 1.41. The number of hydrogen-bond acceptors (Lipinski definition) is 6. The van der Waals surface area contributed by atoms with Crippen LogP contribution in [-0.2, 0) is 6.54 Å². The molecule has 0 aliphatic carbocycles. The van der Waals surface area contributed by atoms with Crippen LogP contribution in [0.25, 0.3) is 0 Å². The molecular weight excluding hydrogens is 284 g/mol. The van der Waals surface area contributed by atoms with Crippen molar-refractivity contribution >= 4 is 17.6 Å². The zero-order chi connectivity index (χ0) is 15.1. The molecule has 0 radical (unpaired) electrons. The minimum atomic E-state index is 0.482. The van der Waals surface area contributed by atoms with Crippen LogP contribution in [0.15, 0.2) is 35.6 Å². The van der Waals surface area contributed by atoms with E-state index < -0.39 is 0 Å². The highest BCUT2D eigenvalue weighted by atomic mass is 32.2. The highest BCUT2D eigenvalue weighted by Gasteiger charge is 2.09. The van der Waals surface area contributed by atoms with E-state index >= 15 is 0 Å². The highest BCUT2D eigenvalue weighted by molar-refractivity contribution is 7.98. The number of rotatable bonds is 6. The van der Waals surface area contributed by atoms with Crippen molar-refractivity contribution in [2.24, 2.45) is 0 Å². The van der Waals surface area contributed by atoms with Crippen LogP contribution in [0.2, 0.25) is 0 Å². The Morgan fingerprint density at radius 1 is 1.29 bits per heavy atom. The fraction of sp³-hybridized carbons (Fsp3) is 0.267. The smallest absolute Gasteiger partial charge is 0.148 e. The van der Waals surface area contributed by atoms with Gasteiger partial charge in [0.2, 0.25) is 0 Å². The second-order valence-corrected chi connectivity index (χ2v) is 4.94. The van der Waals surface area contributed by atoms with E-state index in [1.807, 2.05) is 37.4 Å². The third kappa shape index (κ3) is 3.86. The molecule has 1 N–H and O–H groups in total. The predicted octanol–water partition coefficient (Wildman–Crippen LogP) is 3.08. The second kappa shape index (κ2) is 7.50. The van der Waals surface area contributed by atoms with Crippen LogP contribution in [0.5, 0.6) is 5.75 Å². The lowest BCUT2D eigenvalue weighted by molar-refractivity contribution is 0.340. The van der Waals surface area contributed by atoms with E-state index in [1.54, 1.807) is 0 Å². The van der Waals surface area contributed by atoms with Gasteiger partial charge in [0, 0.05) is 6.54 Å². The average molecular weight is 300 g/mol. The maximum Gasteiger partial charge on any atom is 0.148 e. The van der Waals surface area contributed by atoms with E-state index in [0.717, 1.165) is 11.3 Å². The number of aromatic nitrogens is 2. The third-order valence-corrected chi connectivity index (χ3v) is 3.51. The van der Waals surface area contributed by atoms with Crippen LogP contribution in [0.3, 0.4) is 0 Å². The molecule has 6 heteroatoms. The van der Waals surface area contributed by atoms with Gasteiger partial charge in [0.15, 0.2) is 0 Å². The van der Waals surface area contributed by atoms with Gasteiger partial charge in [0.05, 0.1) is 6.61 Å². The maximum atomic E-state index is 9.22. The van der Waals surface area contributed by atoms with Crippen LogP contribution in [0.4, 0.5) is 5.82 Å². The summed E-state index contributed by atoms with van der Waals surface area (Å²) in [5.41, 5.74) is 1.57. The van der Waals surface area contributed by atoms with Crippen molar-refractivity contribution in [1.29, 1.82) is 5.26 Å². The van der Waals surface area contributed by atoms with Crippen molar-refractivity contribution in [2.45, 2.75) is 18.5 Å². The van der Waals surface area contributed by atoms with E-state index in [0.29, 0.717) is 29.6 Å². The van der Waals surface area contributed by atoms with Crippen LogP contribution < -0.4 is 10.1 Å². The summed E-state index contributed by atoms with van der Waals surface area (Å²) in [6.45, 7) is 3.20. The lowest BCUT2D eigenvalue weighted by Crippen LogP contribution is -2.05. The number of anilines is 1. The Labute approximate surface area is 128 Å². The molecule has 0 saturated heterocycles. The van der Waals surface area contributed by atoms with Crippen LogP contribution in [-0.4, -0.2) is 22.8 Å². The van der Waals surface area contributed by atoms with Gasteiger partial charge >= 0.3 is 0 Å². The van der Waals surface area contributed by atoms with Gasteiger partial charge in [-0.1, -0.05) is 12.1 Å². The number of hydrogen-bond donors (Lipinski definition) is 1. The lowest BCUT2D eigenvalue weighted by Gasteiger charge is -2.09. The Hall–Kier alpha value is -2.26. The molecule has 0 spiro atoms. The SMILES string of the molecule is CCOc1ccc(CNc2ncnc(SC)c2C#N)cc1. The fourth-order valence-electron chi connectivity index (χ4n) is 1.81. The van der Waals surface area contributed by atoms with Gasteiger partial charge in [0.1, 0.15) is 34.6 Å². The maximum absolute atomic E-state index is 9.22. The van der Waals surface area contributed by atoms with E-state index in [9.17, 15) is 5.26 Å². The first kappa shape index (κ1) is 15.1. The molecule has 108 valence electrons. The highest BCUT2D eigenvalue weighted by Crippen LogP contribution is 2.22. The molecule has 0 bridgehead atoms. The van der Waals surface area contributed by atoms with Gasteiger partial charge in [-0.15, -0.1) is 11.8 Å². The molecule has 0 aliphatic rings. The van der Waals surface area contributed by atoms with Gasteiger partial charge in [-0.3, -0.25) is 0 Å². The molecule has 0 atom stereocenters. The summed E-state index contributed by atoms with van der Waals surface area (Å²) < 4.78 is 5.40. The molecule has 1 aromatic heterocycles. The molecule has 1 aromatic carbocycles. The Morgan fingerprint density at radius 2 is 2.05 bits per heavy atom. The molecule has 2 aromatic rings. The topological polar surface area (TPSA) is 70.8 Å². The predicted molar refractivity (Wildman–Crippen MR) is 83.5 cm³/mol. The number of benzene rings is 1. The summed E-state index contributed by atoms with van der Waals surface area (Å²) in [6, 6.07) is 9.98. The molecule has 0 amide bonds. The summed E-state index contributed by atoms with van der Waals surface area (Å²) in [5, 5.41) is 13.1. The number of ether oxygens (including phenoxy) is 1. The van der Waals surface area contributed by atoms with Gasteiger partial charge in [-0.2, -0.15) is 5.26 Å². The Balaban J connectivity index is 2.08. The van der Waals surface area contributed by atoms with Crippen molar-refractivity contribution in [2.75, 3.05) is 18.2 Å². The van der Waals surface area contributed by atoms with Crippen molar-refractivity contribution in [1.82, 2.24) is 9.97 Å². The molecular formula is C15H16N4OS. The van der Waals surface area contributed by atoms with Crippen molar-refractivity contribution in [3.63, 3.8) is 0 Å². The largest absolute Gasteiger partial charge is 0.494 e. The van der Waals surface area contributed by atoms with Crippen molar-refractivity contribution in [3.8, 4) is 11.8 Å². The Morgan fingerprint density at radius 3 is 2.67 bits per heavy atom. The third-order valence-electron chi connectivity index (χ3n) is 2.81. The van der Waals surface area contributed by atoms with Crippen LogP contribution >= 0.6 is 11.8 Å². The quantitative estimate of drug-likeness (QED) is 0.653. The summed E-state index contributed by atoms with van der Waals surface area (Å²) in [4.78, 5) is 8.23. The van der Waals surface area contributed by atoms with E-state index in [1.165, 1.54) is 18.1 Å². The van der Waals surface area contributed by atoms with Crippen LogP contribution in [0, 0.1) is 11.3 Å². The van der Waals surface area contributed by atoms with Crippen LogP contribution in [0.1, 0.15) is 18.1 Å². The molecule has 0 fully saturated rings. The number of nitrogens with one attached hydrogen (secondary N) is 1. The Bertz CT molecular complexity index is 637. The number of nitrogens with zero attached hydrogens (tertiary/aromatic N) is 3. The van der Waals surface area contributed by atoms with Gasteiger partial charge in [-0.05, 0) is 30.9 Å². The van der Waals surface area contributed by atoms with Gasteiger partial charge in [-0.25, -0.2) is 9.97 Å². The van der Waals surface area contributed by atoms with Crippen molar-refractivity contribution in [3.05, 3.63) is 41.7 Å². The molecule has 1 heterocycles. The summed E-state index contributed by atoms with van der Waals surface area (Å²) in [6.07, 6.45) is 3.35. The lowest BCUT2D eigenvalue weighted by atomic mass is 10.2. The molecule has 0 aliphatic heterocycles. The molecule has 0 saturated carbocycles. The fourth-order valence-corrected chi connectivity index (χ4v) is 2.31.